The second-order valence-corrected chi connectivity index (χ2v) is 4.86. The first-order chi connectivity index (χ1) is 12.0. The number of nitro benzene ring substituents is 1. The van der Waals surface area contributed by atoms with Gasteiger partial charge in [0.2, 0.25) is 0 Å². The summed E-state index contributed by atoms with van der Waals surface area (Å²) in [5.74, 6) is -0.466. The molecule has 0 unspecified atom stereocenters. The van der Waals surface area contributed by atoms with Crippen molar-refractivity contribution < 1.29 is 19.2 Å². The molecule has 3 N–H and O–H groups in total. The molecule has 0 heterocycles. The first-order valence-corrected chi connectivity index (χ1v) is 7.22. The number of para-hydroxylation sites is 2. The zero-order chi connectivity index (χ0) is 18.2. The highest BCUT2D eigenvalue weighted by molar-refractivity contribution is 5.95. The number of carbonyl (C=O) groups excluding carboxylic acids is 2. The molecular formula is C16H16N4O5. The number of methoxy groups -OCH3 is 1. The fourth-order valence-electron chi connectivity index (χ4n) is 1.94. The van der Waals surface area contributed by atoms with Gasteiger partial charge in [-0.15, -0.1) is 0 Å². The molecule has 9 nitrogen and oxygen atoms in total. The largest absolute Gasteiger partial charge is 0.495 e. The number of anilines is 1. The predicted octanol–water partition coefficient (Wildman–Crippen LogP) is 1.48. The Balaban J connectivity index is 1.83. The van der Waals surface area contributed by atoms with Gasteiger partial charge in [-0.05, 0) is 24.3 Å². The number of nitrogens with one attached hydrogen (secondary N) is 3. The summed E-state index contributed by atoms with van der Waals surface area (Å²) in [7, 11) is 1.52. The van der Waals surface area contributed by atoms with Crippen molar-refractivity contribution in [1.82, 2.24) is 10.9 Å². The standard InChI is InChI=1S/C16H16N4O5/c1-25-14-5-3-2-4-13(14)17-10-15(21)18-19-16(22)11-6-8-12(9-7-11)20(23)24/h2-9,17H,10H2,1H3,(H,18,21)(H,19,22). The van der Waals surface area contributed by atoms with Gasteiger partial charge in [0.05, 0.1) is 24.3 Å². The maximum Gasteiger partial charge on any atom is 0.269 e. The van der Waals surface area contributed by atoms with E-state index in [2.05, 4.69) is 16.2 Å². The lowest BCUT2D eigenvalue weighted by atomic mass is 10.2. The van der Waals surface area contributed by atoms with Gasteiger partial charge >= 0.3 is 0 Å². The van der Waals surface area contributed by atoms with Crippen LogP contribution in [0.15, 0.2) is 48.5 Å². The number of rotatable bonds is 6. The Morgan fingerprint density at radius 1 is 1.08 bits per heavy atom. The van der Waals surface area contributed by atoms with E-state index in [0.29, 0.717) is 11.4 Å². The average Bonchev–Trinajstić information content (AvgIpc) is 2.64. The van der Waals surface area contributed by atoms with Gasteiger partial charge in [-0.2, -0.15) is 0 Å². The molecule has 2 aromatic rings. The van der Waals surface area contributed by atoms with Crippen LogP contribution in [0.3, 0.4) is 0 Å². The Hall–Kier alpha value is -3.62. The highest BCUT2D eigenvalue weighted by atomic mass is 16.6. The van der Waals surface area contributed by atoms with Crippen LogP contribution in [0.5, 0.6) is 5.75 Å². The van der Waals surface area contributed by atoms with Gasteiger partial charge < -0.3 is 10.1 Å². The van der Waals surface area contributed by atoms with Crippen LogP contribution in [0.25, 0.3) is 0 Å². The fraction of sp³-hybridized carbons (Fsp3) is 0.125. The van der Waals surface area contributed by atoms with Crippen molar-refractivity contribution in [1.29, 1.82) is 0 Å². The van der Waals surface area contributed by atoms with Crippen LogP contribution >= 0.6 is 0 Å². The summed E-state index contributed by atoms with van der Waals surface area (Å²) in [5.41, 5.74) is 5.18. The van der Waals surface area contributed by atoms with E-state index in [0.717, 1.165) is 0 Å². The van der Waals surface area contributed by atoms with Crippen molar-refractivity contribution in [3.63, 3.8) is 0 Å². The Bertz CT molecular complexity index is 776. The normalized spacial score (nSPS) is 9.80. The number of amides is 2. The topological polar surface area (TPSA) is 123 Å². The molecule has 2 aromatic carbocycles. The quantitative estimate of drug-likeness (QED) is 0.539. The summed E-state index contributed by atoms with van der Waals surface area (Å²) in [6, 6.07) is 12.1. The number of carbonyl (C=O) groups is 2. The molecule has 0 saturated carbocycles. The molecule has 2 amide bonds. The summed E-state index contributed by atoms with van der Waals surface area (Å²) >= 11 is 0. The van der Waals surface area contributed by atoms with Crippen LogP contribution in [-0.4, -0.2) is 30.4 Å². The Morgan fingerprint density at radius 3 is 2.40 bits per heavy atom. The van der Waals surface area contributed by atoms with Crippen molar-refractivity contribution in [3.05, 3.63) is 64.2 Å². The second-order valence-electron chi connectivity index (χ2n) is 4.86. The molecule has 0 aliphatic heterocycles. The minimum Gasteiger partial charge on any atom is -0.495 e. The van der Waals surface area contributed by atoms with Gasteiger partial charge in [0, 0.05) is 17.7 Å². The minimum atomic E-state index is -0.583. The molecule has 0 saturated heterocycles. The van der Waals surface area contributed by atoms with E-state index in [1.807, 2.05) is 0 Å². The molecular weight excluding hydrogens is 328 g/mol. The second kappa shape index (κ2) is 8.29. The third-order valence-corrected chi connectivity index (χ3v) is 3.20. The van der Waals surface area contributed by atoms with E-state index < -0.39 is 16.7 Å². The van der Waals surface area contributed by atoms with E-state index in [9.17, 15) is 19.7 Å². The molecule has 0 aliphatic carbocycles. The Kier molecular flexibility index (Phi) is 5.88. The third kappa shape index (κ3) is 4.93. The van der Waals surface area contributed by atoms with Gasteiger partial charge in [-0.3, -0.25) is 30.6 Å². The molecule has 130 valence electrons. The number of hydrazine groups is 1. The highest BCUT2D eigenvalue weighted by Gasteiger charge is 2.10. The molecule has 0 spiro atoms. The first kappa shape index (κ1) is 17.7. The highest BCUT2D eigenvalue weighted by Crippen LogP contribution is 2.22. The van der Waals surface area contributed by atoms with Crippen molar-refractivity contribution in [2.45, 2.75) is 0 Å². The predicted molar refractivity (Wildman–Crippen MR) is 90.2 cm³/mol. The first-order valence-electron chi connectivity index (χ1n) is 7.22. The summed E-state index contributed by atoms with van der Waals surface area (Å²) in [4.78, 5) is 33.6. The number of ether oxygens (including phenoxy) is 1. The molecule has 25 heavy (non-hydrogen) atoms. The number of hydrogen-bond acceptors (Lipinski definition) is 6. The van der Waals surface area contributed by atoms with Gasteiger partial charge in [0.15, 0.2) is 0 Å². The number of non-ortho nitro benzene ring substituents is 1. The van der Waals surface area contributed by atoms with E-state index >= 15 is 0 Å². The number of nitrogens with zero attached hydrogens (tertiary/aromatic N) is 1. The van der Waals surface area contributed by atoms with E-state index in [1.165, 1.54) is 31.4 Å². The van der Waals surface area contributed by atoms with Crippen molar-refractivity contribution in [2.24, 2.45) is 0 Å². The third-order valence-electron chi connectivity index (χ3n) is 3.20. The smallest absolute Gasteiger partial charge is 0.269 e. The summed E-state index contributed by atoms with van der Waals surface area (Å²) in [6.45, 7) is -0.0824. The van der Waals surface area contributed by atoms with Crippen LogP contribution in [0.2, 0.25) is 0 Å². The maximum absolute atomic E-state index is 11.9. The lowest BCUT2D eigenvalue weighted by Crippen LogP contribution is -2.44. The van der Waals surface area contributed by atoms with Gasteiger partial charge in [0.1, 0.15) is 5.75 Å². The summed E-state index contributed by atoms with van der Waals surface area (Å²) in [5, 5.41) is 13.4. The zero-order valence-corrected chi connectivity index (χ0v) is 13.3. The fourth-order valence-corrected chi connectivity index (χ4v) is 1.94. The molecule has 0 fully saturated rings. The molecule has 9 heteroatoms. The van der Waals surface area contributed by atoms with Gasteiger partial charge in [-0.25, -0.2) is 0 Å². The number of benzene rings is 2. The minimum absolute atomic E-state index is 0.0824. The molecule has 2 rings (SSSR count). The summed E-state index contributed by atoms with van der Waals surface area (Å²) in [6.07, 6.45) is 0. The van der Waals surface area contributed by atoms with Crippen LogP contribution in [-0.2, 0) is 4.79 Å². The molecule has 0 atom stereocenters. The van der Waals surface area contributed by atoms with Crippen molar-refractivity contribution >= 4 is 23.2 Å². The number of hydrogen-bond donors (Lipinski definition) is 3. The molecule has 0 aromatic heterocycles. The van der Waals surface area contributed by atoms with E-state index in [-0.39, 0.29) is 17.8 Å². The molecule has 0 bridgehead atoms. The monoisotopic (exact) mass is 344 g/mol. The maximum atomic E-state index is 11.9. The van der Waals surface area contributed by atoms with Gasteiger partial charge in [0.25, 0.3) is 17.5 Å². The van der Waals surface area contributed by atoms with Crippen molar-refractivity contribution in [3.8, 4) is 5.75 Å². The molecule has 0 aliphatic rings. The van der Waals surface area contributed by atoms with E-state index in [1.54, 1.807) is 24.3 Å². The lowest BCUT2D eigenvalue weighted by Gasteiger charge is -2.11. The van der Waals surface area contributed by atoms with Crippen LogP contribution in [0.4, 0.5) is 11.4 Å². The average molecular weight is 344 g/mol. The number of nitro groups is 1. The Morgan fingerprint density at radius 2 is 1.76 bits per heavy atom. The Labute approximate surface area is 143 Å². The SMILES string of the molecule is COc1ccccc1NCC(=O)NNC(=O)c1ccc([N+](=O)[O-])cc1. The van der Waals surface area contributed by atoms with Crippen LogP contribution < -0.4 is 20.9 Å². The summed E-state index contributed by atoms with van der Waals surface area (Å²) < 4.78 is 5.15. The molecule has 0 radical (unpaired) electrons. The van der Waals surface area contributed by atoms with Crippen LogP contribution in [0, 0.1) is 10.1 Å². The van der Waals surface area contributed by atoms with Gasteiger partial charge in [-0.1, -0.05) is 12.1 Å². The zero-order valence-electron chi connectivity index (χ0n) is 13.3. The van der Waals surface area contributed by atoms with E-state index in [4.69, 9.17) is 4.74 Å². The van der Waals surface area contributed by atoms with Crippen LogP contribution in [0.1, 0.15) is 10.4 Å². The van der Waals surface area contributed by atoms with Crippen molar-refractivity contribution in [2.75, 3.05) is 19.0 Å². The lowest BCUT2D eigenvalue weighted by molar-refractivity contribution is -0.384.